The molecule has 0 N–H and O–H groups in total. The number of thiophene rings is 1. The number of carbonyl (C=O) groups excluding carboxylic acids is 2. The fraction of sp³-hybridized carbons (Fsp3) is 0.500. The minimum Gasteiger partial charge on any atom is -0.491 e. The number of rotatable bonds is 10. The Morgan fingerprint density at radius 1 is 1.19 bits per heavy atom. The minimum atomic E-state index is -0.139. The van der Waals surface area contributed by atoms with Gasteiger partial charge in [0, 0.05) is 37.6 Å². The van der Waals surface area contributed by atoms with Gasteiger partial charge in [0.2, 0.25) is 11.8 Å². The summed E-state index contributed by atoms with van der Waals surface area (Å²) in [5.74, 6) is 0.986. The minimum absolute atomic E-state index is 0.00933. The molecule has 2 aliphatic rings. The summed E-state index contributed by atoms with van der Waals surface area (Å²) in [7, 11) is 1.65. The zero-order valence-corrected chi connectivity index (χ0v) is 18.8. The van der Waals surface area contributed by atoms with Crippen LogP contribution >= 0.6 is 11.3 Å². The number of carbonyl (C=O) groups is 2. The third-order valence-corrected chi connectivity index (χ3v) is 6.90. The molecule has 2 amide bonds. The average molecular weight is 443 g/mol. The first-order valence-electron chi connectivity index (χ1n) is 11.0. The van der Waals surface area contributed by atoms with Crippen LogP contribution in [0.2, 0.25) is 0 Å². The first-order chi connectivity index (χ1) is 15.2. The molecule has 1 aromatic carbocycles. The van der Waals surface area contributed by atoms with Crippen molar-refractivity contribution >= 4 is 23.2 Å². The van der Waals surface area contributed by atoms with Crippen LogP contribution in [-0.2, 0) is 20.7 Å². The van der Waals surface area contributed by atoms with Crippen molar-refractivity contribution in [3.8, 4) is 5.75 Å². The molecule has 0 bridgehead atoms. The summed E-state index contributed by atoms with van der Waals surface area (Å²) in [6.45, 7) is 2.31. The van der Waals surface area contributed by atoms with E-state index in [9.17, 15) is 9.59 Å². The molecule has 0 radical (unpaired) electrons. The number of hydrogen-bond acceptors (Lipinski definition) is 5. The van der Waals surface area contributed by atoms with Crippen LogP contribution in [0.5, 0.6) is 5.75 Å². The summed E-state index contributed by atoms with van der Waals surface area (Å²) < 4.78 is 11.2. The molecule has 1 fully saturated rings. The third kappa shape index (κ3) is 5.46. The Balaban J connectivity index is 1.46. The number of hydrogen-bond donors (Lipinski definition) is 0. The Hall–Kier alpha value is -2.38. The van der Waals surface area contributed by atoms with Gasteiger partial charge in [0.05, 0.1) is 12.6 Å². The summed E-state index contributed by atoms with van der Waals surface area (Å²) in [5, 5.41) is 2.09. The summed E-state index contributed by atoms with van der Waals surface area (Å²) in [6.07, 6.45) is 3.45. The van der Waals surface area contributed by atoms with Gasteiger partial charge in [-0.2, -0.15) is 0 Å². The molecular formula is C24H30N2O4S. The molecule has 0 saturated heterocycles. The number of benzene rings is 1. The van der Waals surface area contributed by atoms with Crippen molar-refractivity contribution in [2.24, 2.45) is 5.92 Å². The normalized spacial score (nSPS) is 17.8. The molecule has 1 aliphatic heterocycles. The van der Waals surface area contributed by atoms with Gasteiger partial charge in [0.15, 0.2) is 0 Å². The molecule has 31 heavy (non-hydrogen) atoms. The molecule has 6 nitrogen and oxygen atoms in total. The Kier molecular flexibility index (Phi) is 7.25. The van der Waals surface area contributed by atoms with Gasteiger partial charge in [0.25, 0.3) is 0 Å². The van der Waals surface area contributed by atoms with Gasteiger partial charge in [-0.15, -0.1) is 11.3 Å². The maximum Gasteiger partial charge on any atom is 0.242 e. The van der Waals surface area contributed by atoms with Crippen molar-refractivity contribution in [2.45, 2.75) is 31.7 Å². The van der Waals surface area contributed by atoms with Gasteiger partial charge in [-0.3, -0.25) is 9.59 Å². The highest BCUT2D eigenvalue weighted by molar-refractivity contribution is 7.10. The quantitative estimate of drug-likeness (QED) is 0.528. The van der Waals surface area contributed by atoms with Gasteiger partial charge >= 0.3 is 0 Å². The van der Waals surface area contributed by atoms with Crippen LogP contribution in [-0.4, -0.2) is 61.6 Å². The molecule has 1 atom stereocenters. The number of methoxy groups -OCH3 is 1. The van der Waals surface area contributed by atoms with E-state index < -0.39 is 0 Å². The monoisotopic (exact) mass is 442 g/mol. The number of ether oxygens (including phenoxy) is 2. The van der Waals surface area contributed by atoms with Gasteiger partial charge in [-0.1, -0.05) is 18.2 Å². The standard InChI is InChI=1S/C24H30N2O4S/c1-29-14-5-12-25(24(28)18-8-9-18)16-23(27)26-13-10-22-20(11-15-31-22)21(26)17-30-19-6-3-2-4-7-19/h2-4,6-7,11,15,18,21H,5,8-10,12-14,16-17H2,1H3/t21-/m0/s1. The zero-order valence-electron chi connectivity index (χ0n) is 18.0. The van der Waals surface area contributed by atoms with Crippen LogP contribution in [0.4, 0.5) is 0 Å². The first-order valence-corrected chi connectivity index (χ1v) is 11.9. The van der Waals surface area contributed by atoms with Crippen molar-refractivity contribution < 1.29 is 19.1 Å². The molecule has 1 aromatic heterocycles. The van der Waals surface area contributed by atoms with E-state index in [-0.39, 0.29) is 30.3 Å². The van der Waals surface area contributed by atoms with Crippen LogP contribution in [0.15, 0.2) is 41.8 Å². The SMILES string of the molecule is COCCCN(CC(=O)N1CCc2sccc2[C@@H]1COc1ccccc1)C(=O)C1CC1. The topological polar surface area (TPSA) is 59.1 Å². The van der Waals surface area contributed by atoms with Crippen LogP contribution in [0.25, 0.3) is 0 Å². The molecular weight excluding hydrogens is 412 g/mol. The fourth-order valence-corrected chi connectivity index (χ4v) is 5.00. The average Bonchev–Trinajstić information content (AvgIpc) is 3.53. The van der Waals surface area contributed by atoms with Gasteiger partial charge in [-0.25, -0.2) is 0 Å². The van der Waals surface area contributed by atoms with E-state index in [4.69, 9.17) is 9.47 Å². The molecule has 7 heteroatoms. The first kappa shape index (κ1) is 21.8. The number of amides is 2. The van der Waals surface area contributed by atoms with Gasteiger partial charge in [0.1, 0.15) is 12.4 Å². The molecule has 2 aromatic rings. The second-order valence-corrected chi connectivity index (χ2v) is 9.16. The molecule has 4 rings (SSSR count). The van der Waals surface area contributed by atoms with E-state index in [1.807, 2.05) is 35.2 Å². The van der Waals surface area contributed by atoms with E-state index in [2.05, 4.69) is 11.4 Å². The van der Waals surface area contributed by atoms with Crippen LogP contribution in [0, 0.1) is 5.92 Å². The Labute approximate surface area is 187 Å². The summed E-state index contributed by atoms with van der Waals surface area (Å²) in [6, 6.07) is 11.6. The fourth-order valence-electron chi connectivity index (χ4n) is 4.08. The Morgan fingerprint density at radius 3 is 2.74 bits per heavy atom. The maximum absolute atomic E-state index is 13.4. The predicted octanol–water partition coefficient (Wildman–Crippen LogP) is 3.53. The highest BCUT2D eigenvalue weighted by atomic mass is 32.1. The summed E-state index contributed by atoms with van der Waals surface area (Å²) in [4.78, 5) is 31.1. The van der Waals surface area contributed by atoms with E-state index in [0.29, 0.717) is 26.3 Å². The second kappa shape index (κ2) is 10.3. The van der Waals surface area contributed by atoms with Gasteiger partial charge < -0.3 is 19.3 Å². The largest absolute Gasteiger partial charge is 0.491 e. The molecule has 0 unspecified atom stereocenters. The lowest BCUT2D eigenvalue weighted by atomic mass is 10.0. The number of nitrogens with zero attached hydrogens (tertiary/aromatic N) is 2. The van der Waals surface area contributed by atoms with Crippen molar-refractivity contribution in [3.63, 3.8) is 0 Å². The number of fused-ring (bicyclic) bond motifs is 1. The lowest BCUT2D eigenvalue weighted by Gasteiger charge is -2.37. The maximum atomic E-state index is 13.4. The lowest BCUT2D eigenvalue weighted by molar-refractivity contribution is -0.143. The molecule has 1 saturated carbocycles. The van der Waals surface area contributed by atoms with Gasteiger partial charge in [-0.05, 0) is 54.8 Å². The van der Waals surface area contributed by atoms with Crippen molar-refractivity contribution in [3.05, 3.63) is 52.2 Å². The van der Waals surface area contributed by atoms with Crippen LogP contribution in [0.1, 0.15) is 35.7 Å². The second-order valence-electron chi connectivity index (χ2n) is 8.16. The van der Waals surface area contributed by atoms with Crippen molar-refractivity contribution in [1.29, 1.82) is 0 Å². The van der Waals surface area contributed by atoms with Crippen LogP contribution < -0.4 is 4.74 Å². The Bertz CT molecular complexity index is 881. The molecule has 0 spiro atoms. The van der Waals surface area contributed by atoms with E-state index in [1.165, 1.54) is 10.4 Å². The smallest absolute Gasteiger partial charge is 0.242 e. The number of para-hydroxylation sites is 1. The van der Waals surface area contributed by atoms with Crippen LogP contribution in [0.3, 0.4) is 0 Å². The molecule has 1 aliphatic carbocycles. The summed E-state index contributed by atoms with van der Waals surface area (Å²) in [5.41, 5.74) is 1.17. The summed E-state index contributed by atoms with van der Waals surface area (Å²) >= 11 is 1.74. The van der Waals surface area contributed by atoms with Crippen molar-refractivity contribution in [2.75, 3.05) is 40.0 Å². The molecule has 166 valence electrons. The van der Waals surface area contributed by atoms with E-state index in [1.54, 1.807) is 23.3 Å². The highest BCUT2D eigenvalue weighted by Crippen LogP contribution is 2.35. The Morgan fingerprint density at radius 2 is 2.00 bits per heavy atom. The van der Waals surface area contributed by atoms with Crippen molar-refractivity contribution in [1.82, 2.24) is 9.80 Å². The lowest BCUT2D eigenvalue weighted by Crippen LogP contribution is -2.48. The zero-order chi connectivity index (χ0) is 21.6. The van der Waals surface area contributed by atoms with E-state index >= 15 is 0 Å². The van der Waals surface area contributed by atoms with E-state index in [0.717, 1.165) is 31.4 Å². The highest BCUT2D eigenvalue weighted by Gasteiger charge is 2.37. The predicted molar refractivity (Wildman–Crippen MR) is 120 cm³/mol. The third-order valence-electron chi connectivity index (χ3n) is 5.91. The molecule has 2 heterocycles.